The number of likely N-dealkylation sites (tertiary alicyclic amines) is 1. The first-order chi connectivity index (χ1) is 20.1. The van der Waals surface area contributed by atoms with Gasteiger partial charge in [0.05, 0.1) is 11.6 Å². The summed E-state index contributed by atoms with van der Waals surface area (Å²) in [6.07, 6.45) is 3.45. The average molecular weight is 628 g/mol. The maximum atomic E-state index is 13.0. The number of halogens is 1. The van der Waals surface area contributed by atoms with Crippen molar-refractivity contribution >= 4 is 39.4 Å². The Hall–Kier alpha value is -3.70. The standard InChI is InChI=1S/C31H38ClN5O5S/c1-30(2,3)42-29(39)37-20-21(19-31(37,4)5)16-17-24(22-11-7-6-8-12-22)34-25-14-9-15-26(35-25)43(40,41)36-28(38)23-13-10-18-33-27(23)32/h6-15,18,21,24H,16-17,19-20H2,1-5H3,(H,34,35)(H,36,38)/t21-,24?/m0/s1. The average Bonchev–Trinajstić information content (AvgIpc) is 3.24. The van der Waals surface area contributed by atoms with E-state index in [-0.39, 0.29) is 39.3 Å². The Kier molecular flexibility index (Phi) is 9.66. The van der Waals surface area contributed by atoms with Crippen LogP contribution in [-0.4, -0.2) is 53.0 Å². The maximum Gasteiger partial charge on any atom is 0.410 e. The second kappa shape index (κ2) is 12.9. The third-order valence-corrected chi connectivity index (χ3v) is 8.72. The van der Waals surface area contributed by atoms with E-state index in [1.165, 1.54) is 24.4 Å². The minimum Gasteiger partial charge on any atom is -0.444 e. The zero-order valence-electron chi connectivity index (χ0n) is 25.0. The Balaban J connectivity index is 1.48. The van der Waals surface area contributed by atoms with Gasteiger partial charge < -0.3 is 15.0 Å². The first-order valence-corrected chi connectivity index (χ1v) is 16.0. The molecule has 1 aromatic carbocycles. The molecular weight excluding hydrogens is 590 g/mol. The molecule has 1 aliphatic rings. The molecule has 1 saturated heterocycles. The van der Waals surface area contributed by atoms with Gasteiger partial charge in [-0.3, -0.25) is 4.79 Å². The molecule has 1 unspecified atom stereocenters. The third-order valence-electron chi connectivity index (χ3n) is 7.19. The smallest absolute Gasteiger partial charge is 0.410 e. The molecule has 12 heteroatoms. The molecule has 43 heavy (non-hydrogen) atoms. The number of anilines is 1. The van der Waals surface area contributed by atoms with Crippen molar-refractivity contribution in [2.45, 2.75) is 76.1 Å². The van der Waals surface area contributed by atoms with Crippen molar-refractivity contribution in [3.63, 3.8) is 0 Å². The maximum absolute atomic E-state index is 13.0. The van der Waals surface area contributed by atoms with Crippen LogP contribution >= 0.6 is 11.6 Å². The van der Waals surface area contributed by atoms with Crippen LogP contribution in [0.4, 0.5) is 10.6 Å². The van der Waals surface area contributed by atoms with E-state index in [0.717, 1.165) is 18.4 Å². The minimum atomic E-state index is -4.30. The van der Waals surface area contributed by atoms with Gasteiger partial charge in [0.1, 0.15) is 16.6 Å². The number of ether oxygens (including phenoxy) is 1. The van der Waals surface area contributed by atoms with Gasteiger partial charge in [0.25, 0.3) is 15.9 Å². The minimum absolute atomic E-state index is 0.0634. The van der Waals surface area contributed by atoms with Crippen LogP contribution in [-0.2, 0) is 14.8 Å². The summed E-state index contributed by atoms with van der Waals surface area (Å²) >= 11 is 5.96. The number of amides is 2. The van der Waals surface area contributed by atoms with Crippen molar-refractivity contribution in [3.05, 3.63) is 83.1 Å². The summed E-state index contributed by atoms with van der Waals surface area (Å²) < 4.78 is 33.8. The van der Waals surface area contributed by atoms with Crippen LogP contribution < -0.4 is 10.0 Å². The monoisotopic (exact) mass is 627 g/mol. The van der Waals surface area contributed by atoms with Gasteiger partial charge in [-0.05, 0) is 89.6 Å². The Morgan fingerprint density at radius 2 is 1.81 bits per heavy atom. The van der Waals surface area contributed by atoms with Gasteiger partial charge in [-0.15, -0.1) is 0 Å². The van der Waals surface area contributed by atoms with Crippen LogP contribution in [0.15, 0.2) is 71.9 Å². The number of nitrogens with one attached hydrogen (secondary N) is 2. The number of aromatic nitrogens is 2. The van der Waals surface area contributed by atoms with E-state index in [2.05, 4.69) is 29.1 Å². The largest absolute Gasteiger partial charge is 0.444 e. The first kappa shape index (κ1) is 32.2. The number of carbonyl (C=O) groups is 2. The van der Waals surface area contributed by atoms with Crippen LogP contribution in [0.3, 0.4) is 0 Å². The Bertz CT molecular complexity index is 1560. The summed E-state index contributed by atoms with van der Waals surface area (Å²) in [5.41, 5.74) is 0.0408. The normalized spacial score (nSPS) is 17.3. The summed E-state index contributed by atoms with van der Waals surface area (Å²) in [5.74, 6) is -0.309. The van der Waals surface area contributed by atoms with Crippen molar-refractivity contribution in [3.8, 4) is 0 Å². The lowest BCUT2D eigenvalue weighted by Crippen LogP contribution is -2.45. The SMILES string of the molecule is CC(C)(C)OC(=O)N1C[C@@H](CCC(Nc2cccc(S(=O)(=O)NC(=O)c3cccnc3Cl)n2)c2ccccc2)CC1(C)C. The van der Waals surface area contributed by atoms with Gasteiger partial charge >= 0.3 is 6.09 Å². The van der Waals surface area contributed by atoms with Crippen molar-refractivity contribution in [2.24, 2.45) is 5.92 Å². The summed E-state index contributed by atoms with van der Waals surface area (Å²) in [5, 5.41) is 2.96. The highest BCUT2D eigenvalue weighted by molar-refractivity contribution is 7.90. The van der Waals surface area contributed by atoms with Gasteiger partial charge in [-0.2, -0.15) is 8.42 Å². The Morgan fingerprint density at radius 3 is 2.49 bits per heavy atom. The lowest BCUT2D eigenvalue weighted by atomic mass is 9.90. The highest BCUT2D eigenvalue weighted by Gasteiger charge is 2.42. The van der Waals surface area contributed by atoms with E-state index >= 15 is 0 Å². The van der Waals surface area contributed by atoms with Crippen molar-refractivity contribution < 1.29 is 22.7 Å². The number of sulfonamides is 1. The molecule has 1 aliphatic heterocycles. The topological polar surface area (TPSA) is 131 Å². The number of pyridine rings is 2. The summed E-state index contributed by atoms with van der Waals surface area (Å²) in [4.78, 5) is 35.5. The molecular formula is C31H38ClN5O5S. The van der Waals surface area contributed by atoms with Gasteiger partial charge in [0.2, 0.25) is 0 Å². The Labute approximate surface area is 258 Å². The molecule has 2 atom stereocenters. The van der Waals surface area contributed by atoms with Crippen molar-refractivity contribution in [2.75, 3.05) is 11.9 Å². The van der Waals surface area contributed by atoms with Crippen LogP contribution in [0.2, 0.25) is 5.15 Å². The summed E-state index contributed by atoms with van der Waals surface area (Å²) in [6.45, 7) is 10.3. The third kappa shape index (κ3) is 8.45. The zero-order chi connectivity index (χ0) is 31.4. The number of hydrogen-bond donors (Lipinski definition) is 2. The fraction of sp³-hybridized carbons (Fsp3) is 0.419. The van der Waals surface area contributed by atoms with E-state index in [1.54, 1.807) is 12.1 Å². The van der Waals surface area contributed by atoms with Crippen molar-refractivity contribution in [1.29, 1.82) is 0 Å². The molecule has 10 nitrogen and oxygen atoms in total. The van der Waals surface area contributed by atoms with Gasteiger partial charge in [-0.1, -0.05) is 48.0 Å². The van der Waals surface area contributed by atoms with E-state index in [0.29, 0.717) is 18.8 Å². The zero-order valence-corrected chi connectivity index (χ0v) is 26.6. The van der Waals surface area contributed by atoms with Crippen LogP contribution in [0.5, 0.6) is 0 Å². The predicted octanol–water partition coefficient (Wildman–Crippen LogP) is 6.22. The molecule has 2 amide bonds. The predicted molar refractivity (Wildman–Crippen MR) is 165 cm³/mol. The first-order valence-electron chi connectivity index (χ1n) is 14.1. The molecule has 0 aliphatic carbocycles. The molecule has 0 bridgehead atoms. The van der Waals surface area contributed by atoms with Crippen LogP contribution in [0.1, 0.15) is 75.8 Å². The molecule has 3 aromatic rings. The fourth-order valence-electron chi connectivity index (χ4n) is 5.24. The van der Waals surface area contributed by atoms with Crippen LogP contribution in [0, 0.1) is 5.92 Å². The van der Waals surface area contributed by atoms with Crippen molar-refractivity contribution in [1.82, 2.24) is 19.6 Å². The number of rotatable bonds is 9. The molecule has 3 heterocycles. The van der Waals surface area contributed by atoms with E-state index < -0.39 is 21.5 Å². The molecule has 2 N–H and O–H groups in total. The fourth-order valence-corrected chi connectivity index (χ4v) is 6.38. The van der Waals surface area contributed by atoms with Gasteiger partial charge in [-0.25, -0.2) is 19.5 Å². The second-order valence-corrected chi connectivity index (χ2v) is 14.3. The van der Waals surface area contributed by atoms with Gasteiger partial charge in [0.15, 0.2) is 5.03 Å². The van der Waals surface area contributed by atoms with Gasteiger partial charge in [0, 0.05) is 18.3 Å². The molecule has 0 saturated carbocycles. The number of carbonyl (C=O) groups excluding carboxylic acids is 2. The molecule has 0 spiro atoms. The quantitative estimate of drug-likeness (QED) is 0.268. The lowest BCUT2D eigenvalue weighted by Gasteiger charge is -2.33. The van der Waals surface area contributed by atoms with E-state index in [1.807, 2.05) is 60.7 Å². The molecule has 1 fully saturated rings. The molecule has 0 radical (unpaired) electrons. The highest BCUT2D eigenvalue weighted by Crippen LogP contribution is 2.38. The molecule has 230 valence electrons. The number of benzene rings is 1. The van der Waals surface area contributed by atoms with E-state index in [4.69, 9.17) is 16.3 Å². The summed E-state index contributed by atoms with van der Waals surface area (Å²) in [6, 6.07) is 17.1. The second-order valence-electron chi connectivity index (χ2n) is 12.3. The van der Waals surface area contributed by atoms with E-state index in [9.17, 15) is 18.0 Å². The lowest BCUT2D eigenvalue weighted by molar-refractivity contribution is 0.0130. The number of hydrogen-bond acceptors (Lipinski definition) is 8. The number of nitrogens with zero attached hydrogens (tertiary/aromatic N) is 3. The molecule has 2 aromatic heterocycles. The summed E-state index contributed by atoms with van der Waals surface area (Å²) in [7, 11) is -4.30. The highest BCUT2D eigenvalue weighted by atomic mass is 35.5. The van der Waals surface area contributed by atoms with Crippen LogP contribution in [0.25, 0.3) is 0 Å². The Morgan fingerprint density at radius 1 is 1.09 bits per heavy atom. The molecule has 4 rings (SSSR count).